The van der Waals surface area contributed by atoms with Crippen LogP contribution in [0.25, 0.3) is 0 Å². The number of hydrogen-bond donors (Lipinski definition) is 1. The van der Waals surface area contributed by atoms with Crippen molar-refractivity contribution in [2.24, 2.45) is 17.3 Å². The van der Waals surface area contributed by atoms with E-state index in [0.29, 0.717) is 18.8 Å². The molecule has 2 fully saturated rings. The number of aliphatic hydroxyl groups excluding tert-OH is 1. The van der Waals surface area contributed by atoms with E-state index in [9.17, 15) is 13.9 Å². The molecule has 0 amide bonds. The molecule has 0 spiro atoms. The summed E-state index contributed by atoms with van der Waals surface area (Å²) in [7, 11) is 0. The van der Waals surface area contributed by atoms with Gasteiger partial charge in [-0.25, -0.2) is 8.78 Å². The second-order valence-corrected chi connectivity index (χ2v) is 7.11. The minimum absolute atomic E-state index is 0.0123. The van der Waals surface area contributed by atoms with Crippen molar-refractivity contribution in [3.8, 4) is 0 Å². The number of alkyl halides is 2. The molecule has 2 aliphatic carbocycles. The van der Waals surface area contributed by atoms with Crippen LogP contribution in [0.4, 0.5) is 8.78 Å². The van der Waals surface area contributed by atoms with Gasteiger partial charge in [-0.2, -0.15) is 0 Å². The Kier molecular flexibility index (Phi) is 4.01. The smallest absolute Gasteiger partial charge is 0.248 e. The van der Waals surface area contributed by atoms with E-state index < -0.39 is 5.92 Å². The molecule has 2 rings (SSSR count). The molecule has 3 unspecified atom stereocenters. The van der Waals surface area contributed by atoms with Crippen LogP contribution in [0, 0.1) is 17.3 Å². The second kappa shape index (κ2) is 5.07. The molecule has 106 valence electrons. The van der Waals surface area contributed by atoms with Crippen LogP contribution in [0.15, 0.2) is 0 Å². The van der Waals surface area contributed by atoms with Crippen LogP contribution >= 0.6 is 0 Å². The Labute approximate surface area is 109 Å². The Hall–Kier alpha value is -0.180. The fourth-order valence-electron chi connectivity index (χ4n) is 3.98. The Morgan fingerprint density at radius 3 is 2.44 bits per heavy atom. The SMILES string of the molecule is CC1(C)CCCCC1C(O)CC1CCC(F)(F)C1. The number of halogens is 2. The molecule has 0 radical (unpaired) electrons. The van der Waals surface area contributed by atoms with Gasteiger partial charge in [0.05, 0.1) is 6.10 Å². The van der Waals surface area contributed by atoms with Crippen molar-refractivity contribution in [1.29, 1.82) is 0 Å². The standard InChI is InChI=1S/C15H26F2O/c1-14(2)7-4-3-5-12(14)13(18)9-11-6-8-15(16,17)10-11/h11-13,18H,3-10H2,1-2H3. The Morgan fingerprint density at radius 1 is 1.17 bits per heavy atom. The van der Waals surface area contributed by atoms with E-state index in [2.05, 4.69) is 13.8 Å². The summed E-state index contributed by atoms with van der Waals surface area (Å²) in [4.78, 5) is 0. The lowest BCUT2D eigenvalue weighted by atomic mass is 9.65. The molecule has 0 aromatic heterocycles. The van der Waals surface area contributed by atoms with Crippen molar-refractivity contribution >= 4 is 0 Å². The van der Waals surface area contributed by atoms with Crippen molar-refractivity contribution in [3.05, 3.63) is 0 Å². The van der Waals surface area contributed by atoms with E-state index >= 15 is 0 Å². The van der Waals surface area contributed by atoms with Gasteiger partial charge in [-0.1, -0.05) is 26.7 Å². The molecule has 0 saturated heterocycles. The molecular weight excluding hydrogens is 234 g/mol. The summed E-state index contributed by atoms with van der Waals surface area (Å²) in [6.45, 7) is 4.42. The van der Waals surface area contributed by atoms with Gasteiger partial charge in [-0.05, 0) is 42.9 Å². The van der Waals surface area contributed by atoms with Gasteiger partial charge in [0, 0.05) is 12.8 Å². The molecule has 0 aromatic rings. The van der Waals surface area contributed by atoms with Crippen LogP contribution in [-0.4, -0.2) is 17.1 Å². The molecular formula is C15H26F2O. The zero-order valence-electron chi connectivity index (χ0n) is 11.6. The summed E-state index contributed by atoms with van der Waals surface area (Å²) in [5.74, 6) is -2.17. The number of hydrogen-bond acceptors (Lipinski definition) is 1. The maximum Gasteiger partial charge on any atom is 0.248 e. The van der Waals surface area contributed by atoms with Crippen molar-refractivity contribution < 1.29 is 13.9 Å². The van der Waals surface area contributed by atoms with Gasteiger partial charge in [0.1, 0.15) is 0 Å². The van der Waals surface area contributed by atoms with Crippen molar-refractivity contribution in [3.63, 3.8) is 0 Å². The fraction of sp³-hybridized carbons (Fsp3) is 1.00. The topological polar surface area (TPSA) is 20.2 Å². The second-order valence-electron chi connectivity index (χ2n) is 7.11. The highest BCUT2D eigenvalue weighted by Crippen LogP contribution is 2.46. The minimum atomic E-state index is -2.48. The lowest BCUT2D eigenvalue weighted by Gasteiger charge is -2.42. The first-order valence-electron chi connectivity index (χ1n) is 7.36. The third-order valence-corrected chi connectivity index (χ3v) is 5.13. The molecule has 3 heteroatoms. The van der Waals surface area contributed by atoms with E-state index in [1.165, 1.54) is 12.8 Å². The van der Waals surface area contributed by atoms with E-state index in [0.717, 1.165) is 12.8 Å². The first kappa shape index (κ1) is 14.2. The summed E-state index contributed by atoms with van der Waals surface area (Å²) in [5, 5.41) is 10.4. The van der Waals surface area contributed by atoms with Gasteiger partial charge in [0.25, 0.3) is 0 Å². The molecule has 0 aliphatic heterocycles. The summed E-state index contributed by atoms with van der Waals surface area (Å²) >= 11 is 0. The van der Waals surface area contributed by atoms with Crippen molar-refractivity contribution in [2.45, 2.75) is 77.2 Å². The summed E-state index contributed by atoms with van der Waals surface area (Å²) in [6.07, 6.45) is 5.37. The van der Waals surface area contributed by atoms with Crippen molar-refractivity contribution in [2.75, 3.05) is 0 Å². The van der Waals surface area contributed by atoms with Crippen LogP contribution < -0.4 is 0 Å². The van der Waals surface area contributed by atoms with Crippen molar-refractivity contribution in [1.82, 2.24) is 0 Å². The van der Waals surface area contributed by atoms with Crippen LogP contribution in [0.1, 0.15) is 65.2 Å². The van der Waals surface area contributed by atoms with Crippen LogP contribution in [-0.2, 0) is 0 Å². The monoisotopic (exact) mass is 260 g/mol. The zero-order valence-corrected chi connectivity index (χ0v) is 11.6. The van der Waals surface area contributed by atoms with E-state index in [4.69, 9.17) is 0 Å². The van der Waals surface area contributed by atoms with E-state index in [-0.39, 0.29) is 30.3 Å². The fourth-order valence-corrected chi connectivity index (χ4v) is 3.98. The normalized spacial score (nSPS) is 36.5. The molecule has 1 nitrogen and oxygen atoms in total. The summed E-state index contributed by atoms with van der Waals surface area (Å²) < 4.78 is 26.3. The first-order chi connectivity index (χ1) is 8.30. The van der Waals surface area contributed by atoms with Crippen LogP contribution in [0.5, 0.6) is 0 Å². The Balaban J connectivity index is 1.89. The zero-order chi connectivity index (χ0) is 13.4. The van der Waals surface area contributed by atoms with Gasteiger partial charge in [-0.3, -0.25) is 0 Å². The lowest BCUT2D eigenvalue weighted by Crippen LogP contribution is -2.37. The van der Waals surface area contributed by atoms with Gasteiger partial charge >= 0.3 is 0 Å². The third-order valence-electron chi connectivity index (χ3n) is 5.13. The highest BCUT2D eigenvalue weighted by Gasteiger charge is 2.42. The molecule has 2 aliphatic rings. The summed E-state index contributed by atoms with van der Waals surface area (Å²) in [5.41, 5.74) is 0.165. The third kappa shape index (κ3) is 3.23. The average Bonchev–Trinajstić information content (AvgIpc) is 2.57. The number of rotatable bonds is 3. The van der Waals surface area contributed by atoms with Gasteiger partial charge in [0.15, 0.2) is 0 Å². The average molecular weight is 260 g/mol. The maximum absolute atomic E-state index is 13.2. The predicted molar refractivity (Wildman–Crippen MR) is 68.7 cm³/mol. The molecule has 2 saturated carbocycles. The summed E-state index contributed by atoms with van der Waals surface area (Å²) in [6, 6.07) is 0. The van der Waals surface area contributed by atoms with Gasteiger partial charge < -0.3 is 5.11 Å². The number of aliphatic hydroxyl groups is 1. The predicted octanol–water partition coefficient (Wildman–Crippen LogP) is 4.39. The van der Waals surface area contributed by atoms with E-state index in [1.807, 2.05) is 0 Å². The van der Waals surface area contributed by atoms with Crippen LogP contribution in [0.2, 0.25) is 0 Å². The van der Waals surface area contributed by atoms with Gasteiger partial charge in [0.2, 0.25) is 5.92 Å². The molecule has 0 bridgehead atoms. The van der Waals surface area contributed by atoms with Crippen LogP contribution in [0.3, 0.4) is 0 Å². The Bertz CT molecular complexity index is 288. The maximum atomic E-state index is 13.2. The highest BCUT2D eigenvalue weighted by atomic mass is 19.3. The first-order valence-corrected chi connectivity index (χ1v) is 7.36. The minimum Gasteiger partial charge on any atom is -0.393 e. The highest BCUT2D eigenvalue weighted by molar-refractivity contribution is 4.90. The quantitative estimate of drug-likeness (QED) is 0.798. The molecule has 18 heavy (non-hydrogen) atoms. The molecule has 0 heterocycles. The van der Waals surface area contributed by atoms with Gasteiger partial charge in [-0.15, -0.1) is 0 Å². The molecule has 0 aromatic carbocycles. The lowest BCUT2D eigenvalue weighted by molar-refractivity contribution is -0.0181. The molecule has 3 atom stereocenters. The molecule has 1 N–H and O–H groups in total. The Morgan fingerprint density at radius 2 is 1.89 bits per heavy atom. The largest absolute Gasteiger partial charge is 0.393 e. The van der Waals surface area contributed by atoms with E-state index in [1.54, 1.807) is 0 Å².